The molecule has 0 radical (unpaired) electrons. The third kappa shape index (κ3) is 4.42. The van der Waals surface area contributed by atoms with E-state index >= 15 is 0 Å². The normalized spacial score (nSPS) is 13.8. The molecule has 0 fully saturated rings. The van der Waals surface area contributed by atoms with E-state index in [1.54, 1.807) is 31.8 Å². The molecule has 0 bridgehead atoms. The van der Waals surface area contributed by atoms with Crippen molar-refractivity contribution < 1.29 is 19.1 Å². The van der Waals surface area contributed by atoms with Crippen molar-refractivity contribution in [2.24, 2.45) is 4.99 Å². The molecule has 0 unspecified atom stereocenters. The second kappa shape index (κ2) is 10.1. The maximum atomic E-state index is 13.1. The predicted molar refractivity (Wildman–Crippen MR) is 137 cm³/mol. The SMILES string of the molecule is C=CCCc1ccc2c(n1)SCc1c(C(=O)OCC)c3cc(OC(C)=O)c(Br)cc3n1C2=NC. The molecule has 4 rings (SSSR count). The fourth-order valence-electron chi connectivity index (χ4n) is 4.01. The van der Waals surface area contributed by atoms with Gasteiger partial charge in [-0.15, -0.1) is 6.58 Å². The molecule has 3 aromatic rings. The number of esters is 2. The molecule has 9 heteroatoms. The van der Waals surface area contributed by atoms with Crippen LogP contribution in [0.25, 0.3) is 10.9 Å². The van der Waals surface area contributed by atoms with Gasteiger partial charge in [-0.25, -0.2) is 9.78 Å². The quantitative estimate of drug-likeness (QED) is 0.231. The number of hydrogen-bond acceptors (Lipinski definition) is 7. The zero-order valence-corrected chi connectivity index (χ0v) is 21.6. The van der Waals surface area contributed by atoms with Crippen LogP contribution in [0.15, 0.2) is 51.4 Å². The minimum Gasteiger partial charge on any atom is -0.462 e. The summed E-state index contributed by atoms with van der Waals surface area (Å²) < 4.78 is 13.3. The molecule has 2 aromatic heterocycles. The van der Waals surface area contributed by atoms with Crippen LogP contribution in [0.5, 0.6) is 5.75 Å². The number of allylic oxidation sites excluding steroid dienone is 1. The van der Waals surface area contributed by atoms with E-state index in [0.29, 0.717) is 32.8 Å². The van der Waals surface area contributed by atoms with E-state index in [1.165, 1.54) is 6.92 Å². The third-order valence-corrected chi connectivity index (χ3v) is 7.01. The van der Waals surface area contributed by atoms with E-state index in [-0.39, 0.29) is 6.61 Å². The molecule has 0 atom stereocenters. The zero-order chi connectivity index (χ0) is 24.4. The number of hydrogen-bond donors (Lipinski definition) is 0. The first-order valence-electron chi connectivity index (χ1n) is 10.8. The van der Waals surface area contributed by atoms with E-state index in [2.05, 4.69) is 27.5 Å². The number of aliphatic imine (C=N–C) groups is 1. The number of fused-ring (bicyclic) bond motifs is 4. The number of nitrogens with zero attached hydrogens (tertiary/aromatic N) is 3. The number of rotatable bonds is 6. The Balaban J connectivity index is 1.97. The largest absolute Gasteiger partial charge is 0.462 e. The highest BCUT2D eigenvalue weighted by molar-refractivity contribution is 9.10. The zero-order valence-electron chi connectivity index (χ0n) is 19.2. The van der Waals surface area contributed by atoms with E-state index in [0.717, 1.165) is 40.3 Å². The van der Waals surface area contributed by atoms with Gasteiger partial charge in [-0.1, -0.05) is 17.8 Å². The van der Waals surface area contributed by atoms with Crippen molar-refractivity contribution in [1.82, 2.24) is 9.55 Å². The van der Waals surface area contributed by atoms with Crippen LogP contribution in [0.3, 0.4) is 0 Å². The Bertz CT molecular complexity index is 1350. The highest BCUT2D eigenvalue weighted by Gasteiger charge is 2.31. The van der Waals surface area contributed by atoms with Crippen LogP contribution in [-0.2, 0) is 21.7 Å². The first kappa shape index (κ1) is 24.2. The van der Waals surface area contributed by atoms with Gasteiger partial charge in [0, 0.05) is 36.4 Å². The fraction of sp³-hybridized carbons (Fsp3) is 0.280. The molecule has 0 spiro atoms. The molecule has 0 saturated heterocycles. The number of carbonyl (C=O) groups is 2. The highest BCUT2D eigenvalue weighted by Crippen LogP contribution is 2.40. The third-order valence-electron chi connectivity index (χ3n) is 5.38. The molecule has 7 nitrogen and oxygen atoms in total. The standard InChI is InChI=1S/C25H24BrN3O4S/c1-5-7-8-15-9-10-16-23(27-4)29-19-12-18(26)21(33-14(3)30)11-17(19)22(25(31)32-6-2)20(29)13-34-24(16)28-15/h5,9-12H,1,6-8,13H2,2-4H3. The van der Waals surface area contributed by atoms with E-state index < -0.39 is 11.9 Å². The van der Waals surface area contributed by atoms with Crippen LogP contribution in [0.4, 0.5) is 0 Å². The molecule has 0 aliphatic carbocycles. The summed E-state index contributed by atoms with van der Waals surface area (Å²) in [6.45, 7) is 7.15. The molecule has 34 heavy (non-hydrogen) atoms. The maximum Gasteiger partial charge on any atom is 0.340 e. The van der Waals surface area contributed by atoms with E-state index in [1.807, 2.05) is 28.8 Å². The second-order valence-corrected chi connectivity index (χ2v) is 9.41. The molecular formula is C25H24BrN3O4S. The van der Waals surface area contributed by atoms with Gasteiger partial charge in [0.2, 0.25) is 0 Å². The Morgan fingerprint density at radius 3 is 2.82 bits per heavy atom. The second-order valence-electron chi connectivity index (χ2n) is 7.59. The number of aromatic nitrogens is 2. The lowest BCUT2D eigenvalue weighted by Crippen LogP contribution is -2.17. The minimum absolute atomic E-state index is 0.245. The van der Waals surface area contributed by atoms with Crippen molar-refractivity contribution in [3.05, 3.63) is 63.9 Å². The summed E-state index contributed by atoms with van der Waals surface area (Å²) in [5.74, 6) is 0.636. The van der Waals surface area contributed by atoms with Gasteiger partial charge in [-0.05, 0) is 60.0 Å². The average Bonchev–Trinajstić information content (AvgIpc) is 3.00. The number of thioether (sulfide) groups is 1. The molecule has 0 N–H and O–H groups in total. The fourth-order valence-corrected chi connectivity index (χ4v) is 5.47. The van der Waals surface area contributed by atoms with Gasteiger partial charge in [0.25, 0.3) is 0 Å². The lowest BCUT2D eigenvalue weighted by Gasteiger charge is -2.13. The lowest BCUT2D eigenvalue weighted by molar-refractivity contribution is -0.131. The van der Waals surface area contributed by atoms with Crippen LogP contribution < -0.4 is 4.74 Å². The maximum absolute atomic E-state index is 13.1. The van der Waals surface area contributed by atoms with Gasteiger partial charge in [0.1, 0.15) is 16.6 Å². The Morgan fingerprint density at radius 1 is 1.35 bits per heavy atom. The number of benzene rings is 1. The molecule has 1 aliphatic heterocycles. The number of pyridine rings is 1. The van der Waals surface area contributed by atoms with Gasteiger partial charge < -0.3 is 9.47 Å². The summed E-state index contributed by atoms with van der Waals surface area (Å²) in [4.78, 5) is 34.2. The van der Waals surface area contributed by atoms with Gasteiger partial charge in [0.05, 0.1) is 27.9 Å². The van der Waals surface area contributed by atoms with Crippen LogP contribution in [0.1, 0.15) is 47.6 Å². The average molecular weight is 542 g/mol. The van der Waals surface area contributed by atoms with Gasteiger partial charge in [-0.3, -0.25) is 14.4 Å². The molecule has 176 valence electrons. The van der Waals surface area contributed by atoms with Crippen molar-refractivity contribution in [2.45, 2.75) is 37.5 Å². The van der Waals surface area contributed by atoms with Gasteiger partial charge in [0.15, 0.2) is 0 Å². The molecule has 0 saturated carbocycles. The van der Waals surface area contributed by atoms with E-state index in [4.69, 9.17) is 14.5 Å². The smallest absolute Gasteiger partial charge is 0.340 e. The van der Waals surface area contributed by atoms with Crippen molar-refractivity contribution in [3.63, 3.8) is 0 Å². The van der Waals surface area contributed by atoms with E-state index in [9.17, 15) is 9.59 Å². The van der Waals surface area contributed by atoms with Crippen molar-refractivity contribution >= 4 is 56.4 Å². The summed E-state index contributed by atoms with van der Waals surface area (Å²) >= 11 is 5.06. The molecule has 1 aromatic carbocycles. The first-order chi connectivity index (χ1) is 16.4. The van der Waals surface area contributed by atoms with Gasteiger partial charge in [-0.2, -0.15) is 0 Å². The van der Waals surface area contributed by atoms with Crippen LogP contribution in [-0.4, -0.2) is 41.0 Å². The Labute approximate surface area is 210 Å². The minimum atomic E-state index is -0.447. The Hall–Kier alpha value is -2.91. The van der Waals surface area contributed by atoms with Crippen LogP contribution in [0.2, 0.25) is 0 Å². The monoisotopic (exact) mass is 541 g/mol. The van der Waals surface area contributed by atoms with Gasteiger partial charge >= 0.3 is 11.9 Å². The Morgan fingerprint density at radius 2 is 2.15 bits per heavy atom. The number of ether oxygens (including phenoxy) is 2. The van der Waals surface area contributed by atoms with Crippen molar-refractivity contribution in [3.8, 4) is 5.75 Å². The summed E-state index contributed by atoms with van der Waals surface area (Å²) in [5, 5.41) is 1.50. The summed E-state index contributed by atoms with van der Waals surface area (Å²) in [7, 11) is 1.72. The topological polar surface area (TPSA) is 82.8 Å². The summed E-state index contributed by atoms with van der Waals surface area (Å²) in [6, 6.07) is 7.58. The molecule has 1 aliphatic rings. The highest BCUT2D eigenvalue weighted by atomic mass is 79.9. The van der Waals surface area contributed by atoms with Crippen molar-refractivity contribution in [1.29, 1.82) is 0 Å². The predicted octanol–water partition coefficient (Wildman–Crippen LogP) is 5.55. The molecule has 0 amide bonds. The number of aryl methyl sites for hydroxylation is 1. The summed E-state index contributed by atoms with van der Waals surface area (Å²) in [5.41, 5.74) is 3.83. The van der Waals surface area contributed by atoms with Crippen LogP contribution >= 0.6 is 27.7 Å². The lowest BCUT2D eigenvalue weighted by atomic mass is 10.1. The molecular weight excluding hydrogens is 518 g/mol. The first-order valence-corrected chi connectivity index (χ1v) is 12.6. The van der Waals surface area contributed by atoms with Crippen molar-refractivity contribution in [2.75, 3.05) is 13.7 Å². The molecule has 3 heterocycles. The Kier molecular flexibility index (Phi) is 7.23. The van der Waals surface area contributed by atoms with Crippen LogP contribution in [0, 0.1) is 0 Å². The number of carbonyl (C=O) groups excluding carboxylic acids is 2. The summed E-state index contributed by atoms with van der Waals surface area (Å²) in [6.07, 6.45) is 3.54. The number of halogens is 1.